The van der Waals surface area contributed by atoms with Gasteiger partial charge >= 0.3 is 5.97 Å². The Morgan fingerprint density at radius 1 is 1.27 bits per heavy atom. The smallest absolute Gasteiger partial charge is 0.323 e. The third kappa shape index (κ3) is 4.19. The molecule has 3 N–H and O–H groups in total. The van der Waals surface area contributed by atoms with Crippen LogP contribution in [0.1, 0.15) is 38.7 Å². The quantitative estimate of drug-likeness (QED) is 0.460. The molecule has 0 radical (unpaired) electrons. The maximum Gasteiger partial charge on any atom is 0.323 e. The largest absolute Gasteiger partial charge is 0.480 e. The summed E-state index contributed by atoms with van der Waals surface area (Å²) in [4.78, 5) is 11.0. The van der Waals surface area contributed by atoms with Crippen molar-refractivity contribution in [1.82, 2.24) is 0 Å². The van der Waals surface area contributed by atoms with Gasteiger partial charge in [-0.3, -0.25) is 4.79 Å². The first-order valence-corrected chi connectivity index (χ1v) is 6.94. The minimum atomic E-state index is -1.71. The first kappa shape index (κ1) is 18.4. The maximum atomic E-state index is 13.6. The molecule has 0 aliphatic rings. The summed E-state index contributed by atoms with van der Waals surface area (Å²) in [7, 11) is 0. The summed E-state index contributed by atoms with van der Waals surface area (Å²) in [5, 5.41) is 8.99. The Balaban J connectivity index is 2.84. The fraction of sp³-hybridized carbons (Fsp3) is 0.533. The molecule has 0 saturated carbocycles. The highest BCUT2D eigenvalue weighted by Gasteiger charge is 2.31. The topological polar surface area (TPSA) is 63.3 Å². The van der Waals surface area contributed by atoms with Crippen molar-refractivity contribution in [2.75, 3.05) is 0 Å². The van der Waals surface area contributed by atoms with E-state index in [0.717, 1.165) is 0 Å². The molecule has 7 heteroatoms. The average Bonchev–Trinajstić information content (AvgIpc) is 2.43. The van der Waals surface area contributed by atoms with Crippen molar-refractivity contribution < 1.29 is 27.5 Å². The molecule has 0 saturated heterocycles. The number of halogens is 4. The minimum Gasteiger partial charge on any atom is -0.480 e. The van der Waals surface area contributed by atoms with Crippen molar-refractivity contribution in [3.05, 3.63) is 34.9 Å². The summed E-state index contributed by atoms with van der Waals surface area (Å²) in [5.41, 5.74) is 3.66. The van der Waals surface area contributed by atoms with E-state index in [-0.39, 0.29) is 25.2 Å². The van der Waals surface area contributed by atoms with Gasteiger partial charge in [0.05, 0.1) is 0 Å². The van der Waals surface area contributed by atoms with Crippen LogP contribution < -0.4 is 5.73 Å². The Kier molecular flexibility index (Phi) is 5.93. The Morgan fingerprint density at radius 2 is 1.86 bits per heavy atom. The molecule has 0 spiro atoms. The number of carbonyl (C=O) groups is 1. The normalized spacial score (nSPS) is 15.4. The zero-order valence-electron chi connectivity index (χ0n) is 12.4. The highest BCUT2D eigenvalue weighted by molar-refractivity contribution is 5.77. The molecule has 0 amide bonds. The van der Waals surface area contributed by atoms with E-state index in [4.69, 9.17) is 10.8 Å². The third-order valence-electron chi connectivity index (χ3n) is 3.79. The van der Waals surface area contributed by atoms with Crippen LogP contribution in [0.3, 0.4) is 0 Å². The number of hydrogen-bond donors (Lipinski definition) is 2. The second kappa shape index (κ2) is 7.09. The molecule has 124 valence electrons. The first-order valence-electron chi connectivity index (χ1n) is 6.94. The van der Waals surface area contributed by atoms with Gasteiger partial charge in [-0.25, -0.2) is 17.6 Å². The van der Waals surface area contributed by atoms with Gasteiger partial charge in [0.1, 0.15) is 11.4 Å². The molecular weight excluding hydrogens is 302 g/mol. The van der Waals surface area contributed by atoms with E-state index in [1.54, 1.807) is 6.92 Å². The van der Waals surface area contributed by atoms with Crippen molar-refractivity contribution >= 4 is 5.97 Å². The zero-order chi connectivity index (χ0) is 17.1. The van der Waals surface area contributed by atoms with Gasteiger partial charge in [0.25, 0.3) is 0 Å². The zero-order valence-corrected chi connectivity index (χ0v) is 12.4. The summed E-state index contributed by atoms with van der Waals surface area (Å²) in [5.74, 6) is -7.36. The van der Waals surface area contributed by atoms with Crippen LogP contribution in [0.2, 0.25) is 0 Å². The van der Waals surface area contributed by atoms with Crippen molar-refractivity contribution in [3.63, 3.8) is 0 Å². The predicted molar refractivity (Wildman–Crippen MR) is 73.2 cm³/mol. The minimum absolute atomic E-state index is 0.117. The second-order valence-electron chi connectivity index (χ2n) is 5.69. The molecule has 0 bridgehead atoms. The molecule has 3 nitrogen and oxygen atoms in total. The lowest BCUT2D eigenvalue weighted by atomic mass is 9.84. The molecule has 22 heavy (non-hydrogen) atoms. The van der Waals surface area contributed by atoms with Crippen LogP contribution in [0.25, 0.3) is 0 Å². The molecule has 1 rings (SSSR count). The fourth-order valence-electron chi connectivity index (χ4n) is 2.32. The number of hydrogen-bond acceptors (Lipinski definition) is 2. The highest BCUT2D eigenvalue weighted by atomic mass is 19.2. The van der Waals surface area contributed by atoms with Crippen molar-refractivity contribution in [1.29, 1.82) is 0 Å². The Labute approximate surface area is 126 Å². The van der Waals surface area contributed by atoms with Crippen LogP contribution >= 0.6 is 0 Å². The van der Waals surface area contributed by atoms with Gasteiger partial charge < -0.3 is 10.8 Å². The van der Waals surface area contributed by atoms with Crippen LogP contribution in [0.5, 0.6) is 0 Å². The highest BCUT2D eigenvalue weighted by Crippen LogP contribution is 2.26. The SMILES string of the molecule is CCC(CCc1c(F)cc(F)c(F)c1F)CC(C)(N)C(=O)O. The van der Waals surface area contributed by atoms with Crippen molar-refractivity contribution in [2.45, 2.75) is 45.1 Å². The van der Waals surface area contributed by atoms with Crippen molar-refractivity contribution in [3.8, 4) is 0 Å². The van der Waals surface area contributed by atoms with Crippen molar-refractivity contribution in [2.24, 2.45) is 11.7 Å². The molecular formula is C15H19F4NO2. The van der Waals surface area contributed by atoms with Gasteiger partial charge in [-0.15, -0.1) is 0 Å². The van der Waals surface area contributed by atoms with Crippen LogP contribution in [-0.4, -0.2) is 16.6 Å². The van der Waals surface area contributed by atoms with E-state index < -0.39 is 40.3 Å². The predicted octanol–water partition coefficient (Wildman–Crippen LogP) is 3.39. The van der Waals surface area contributed by atoms with E-state index in [1.165, 1.54) is 6.92 Å². The van der Waals surface area contributed by atoms with E-state index in [0.29, 0.717) is 12.5 Å². The molecule has 0 aromatic heterocycles. The third-order valence-corrected chi connectivity index (χ3v) is 3.79. The standard InChI is InChI=1S/C15H19F4NO2/c1-3-8(7-15(2,20)14(21)22)4-5-9-10(16)6-11(17)13(19)12(9)18/h6,8H,3-5,7,20H2,1-2H3,(H,21,22). The number of benzene rings is 1. The Bertz CT molecular complexity index is 561. The van der Waals surface area contributed by atoms with E-state index in [1.807, 2.05) is 0 Å². The van der Waals surface area contributed by atoms with Gasteiger partial charge in [0.2, 0.25) is 0 Å². The monoisotopic (exact) mass is 321 g/mol. The van der Waals surface area contributed by atoms with Crippen LogP contribution in [0.15, 0.2) is 6.07 Å². The van der Waals surface area contributed by atoms with E-state index in [9.17, 15) is 22.4 Å². The average molecular weight is 321 g/mol. The van der Waals surface area contributed by atoms with E-state index in [2.05, 4.69) is 0 Å². The first-order chi connectivity index (χ1) is 10.1. The lowest BCUT2D eigenvalue weighted by molar-refractivity contribution is -0.143. The second-order valence-corrected chi connectivity index (χ2v) is 5.69. The molecule has 1 aromatic rings. The van der Waals surface area contributed by atoms with E-state index >= 15 is 0 Å². The van der Waals surface area contributed by atoms with Gasteiger partial charge in [0, 0.05) is 11.6 Å². The van der Waals surface area contributed by atoms with Gasteiger partial charge in [-0.05, 0) is 32.1 Å². The maximum absolute atomic E-state index is 13.6. The number of nitrogens with two attached hydrogens (primary N) is 1. The number of aliphatic carboxylic acids is 1. The van der Waals surface area contributed by atoms with Gasteiger partial charge in [-0.1, -0.05) is 13.3 Å². The number of carboxylic acids is 1. The Hall–Kier alpha value is -1.63. The molecule has 1 aromatic carbocycles. The van der Waals surface area contributed by atoms with Gasteiger partial charge in [0.15, 0.2) is 17.5 Å². The Morgan fingerprint density at radius 3 is 2.36 bits per heavy atom. The molecule has 0 heterocycles. The van der Waals surface area contributed by atoms with Gasteiger partial charge in [-0.2, -0.15) is 0 Å². The number of carboxylic acid groups (broad SMARTS) is 1. The van der Waals surface area contributed by atoms with Crippen LogP contribution in [0, 0.1) is 29.2 Å². The van der Waals surface area contributed by atoms with Crippen LogP contribution in [0.4, 0.5) is 17.6 Å². The summed E-state index contributed by atoms with van der Waals surface area (Å²) in [6.45, 7) is 3.15. The summed E-state index contributed by atoms with van der Waals surface area (Å²) in [6, 6.07) is 0.305. The lowest BCUT2D eigenvalue weighted by Gasteiger charge is -2.25. The molecule has 2 unspecified atom stereocenters. The summed E-state index contributed by atoms with van der Waals surface area (Å²) < 4.78 is 53.1. The number of rotatable bonds is 7. The molecule has 0 fully saturated rings. The summed E-state index contributed by atoms with van der Waals surface area (Å²) in [6.07, 6.45) is 0.720. The molecule has 0 aliphatic heterocycles. The lowest BCUT2D eigenvalue weighted by Crippen LogP contribution is -2.46. The summed E-state index contributed by atoms with van der Waals surface area (Å²) >= 11 is 0. The molecule has 0 aliphatic carbocycles. The molecule has 2 atom stereocenters. The fourth-order valence-corrected chi connectivity index (χ4v) is 2.32. The van der Waals surface area contributed by atoms with Crippen LogP contribution in [-0.2, 0) is 11.2 Å².